The first-order valence-corrected chi connectivity index (χ1v) is 23.6. The highest BCUT2D eigenvalue weighted by Crippen LogP contribution is 2.61. The van der Waals surface area contributed by atoms with Gasteiger partial charge in [-0.2, -0.15) is 5.26 Å². The lowest BCUT2D eigenvalue weighted by Gasteiger charge is -2.40. The Morgan fingerprint density at radius 3 is 1.97 bits per heavy atom. The van der Waals surface area contributed by atoms with E-state index in [4.69, 9.17) is 9.98 Å². The molecule has 13 rings (SSSR count). The molecule has 2 aliphatic carbocycles. The van der Waals surface area contributed by atoms with Gasteiger partial charge in [0.05, 0.1) is 40.4 Å². The van der Waals surface area contributed by atoms with E-state index < -0.39 is 6.17 Å². The highest BCUT2D eigenvalue weighted by Gasteiger charge is 2.52. The fourth-order valence-corrected chi connectivity index (χ4v) is 12.3. The number of hydrogen-bond acceptors (Lipinski definition) is 8. The smallest absolute Gasteiger partial charge is 0.159 e. The maximum Gasteiger partial charge on any atom is 0.159 e. The molecule has 0 saturated heterocycles. The summed E-state index contributed by atoms with van der Waals surface area (Å²) in [5, 5.41) is 15.2. The van der Waals surface area contributed by atoms with E-state index in [0.29, 0.717) is 17.2 Å². The summed E-state index contributed by atoms with van der Waals surface area (Å²) in [6, 6.07) is 65.0. The van der Waals surface area contributed by atoms with Crippen LogP contribution in [0.3, 0.4) is 0 Å². The minimum atomic E-state index is -0.406. The van der Waals surface area contributed by atoms with Crippen molar-refractivity contribution in [2.24, 2.45) is 9.98 Å². The van der Waals surface area contributed by atoms with Crippen LogP contribution >= 0.6 is 11.8 Å². The Morgan fingerprint density at radius 2 is 1.24 bits per heavy atom. The minimum absolute atomic E-state index is 0.0452. The number of amidine groups is 2. The zero-order valence-corrected chi connectivity index (χ0v) is 36.8. The second-order valence-corrected chi connectivity index (χ2v) is 18.6. The molecular weight excluding hydrogens is 827 g/mol. The molecule has 8 heteroatoms. The molecule has 6 aliphatic rings. The third-order valence-electron chi connectivity index (χ3n) is 13.9. The normalized spacial score (nSPS) is 21.9. The molecule has 0 bridgehead atoms. The lowest BCUT2D eigenvalue weighted by atomic mass is 9.73. The van der Waals surface area contributed by atoms with Gasteiger partial charge in [-0.1, -0.05) is 157 Å². The van der Waals surface area contributed by atoms with Crippen LogP contribution in [0.1, 0.15) is 64.2 Å². The van der Waals surface area contributed by atoms with Gasteiger partial charge < -0.3 is 20.0 Å². The number of thioether (sulfide) groups is 1. The molecule has 0 fully saturated rings. The summed E-state index contributed by atoms with van der Waals surface area (Å²) in [4.78, 5) is 20.5. The summed E-state index contributed by atoms with van der Waals surface area (Å²) in [7, 11) is 0. The van der Waals surface area contributed by atoms with E-state index in [2.05, 4.69) is 190 Å². The summed E-state index contributed by atoms with van der Waals surface area (Å²) in [5.74, 6) is 1.61. The number of rotatable bonds is 6. The number of fused-ring (bicyclic) bond motifs is 8. The van der Waals surface area contributed by atoms with Gasteiger partial charge in [-0.25, -0.2) is 9.98 Å². The molecule has 0 amide bonds. The largest absolute Gasteiger partial charge is 0.344 e. The Labute approximate surface area is 389 Å². The third kappa shape index (κ3) is 6.11. The van der Waals surface area contributed by atoms with Crippen LogP contribution in [-0.2, 0) is 0 Å². The van der Waals surface area contributed by atoms with Gasteiger partial charge in [0, 0.05) is 49.8 Å². The van der Waals surface area contributed by atoms with Gasteiger partial charge in [0.1, 0.15) is 18.1 Å². The standard InChI is InChI=1S/C58H43N7S/c59-36-39-34-43(58-61-56(37-18-4-1-5-19-37)60-57(62-58)38-20-6-2-7-21-38)51(65-46-28-14-16-30-52(46)66-53-31-17-15-29-47(53)65)35-50(39)64-45-27-13-11-25-42(45)55-49(64)33-32-48-54(55)41-24-10-12-26-44(41)63(48)40-22-8-3-9-23-40/h1-16,18-30,32-35,48-49,54-56H,17,31H2,(H,60,61,62). The van der Waals surface area contributed by atoms with Crippen molar-refractivity contribution >= 4 is 57.6 Å². The summed E-state index contributed by atoms with van der Waals surface area (Å²) < 4.78 is 0. The lowest BCUT2D eigenvalue weighted by molar-refractivity contribution is 0.473. The van der Waals surface area contributed by atoms with Crippen molar-refractivity contribution in [1.29, 1.82) is 5.26 Å². The average Bonchev–Trinajstić information content (AvgIpc) is 3.91. The topological polar surface area (TPSA) is 70.3 Å². The first-order valence-electron chi connectivity index (χ1n) is 22.8. The summed E-state index contributed by atoms with van der Waals surface area (Å²) in [6.45, 7) is 0. The molecule has 4 aliphatic heterocycles. The van der Waals surface area contributed by atoms with E-state index in [1.165, 1.54) is 32.3 Å². The number of nitriles is 1. The number of nitrogens with zero attached hydrogens (tertiary/aromatic N) is 6. The Balaban J connectivity index is 1.03. The molecule has 0 aromatic heterocycles. The maximum absolute atomic E-state index is 11.5. The van der Waals surface area contributed by atoms with Crippen molar-refractivity contribution in [2.45, 2.75) is 47.8 Å². The lowest BCUT2D eigenvalue weighted by Crippen LogP contribution is -2.41. The van der Waals surface area contributed by atoms with Crippen LogP contribution in [0.2, 0.25) is 0 Å². The van der Waals surface area contributed by atoms with Gasteiger partial charge >= 0.3 is 0 Å². The molecule has 1 N–H and O–H groups in total. The molecule has 0 spiro atoms. The fraction of sp³-hybridized carbons (Fsp3) is 0.121. The monoisotopic (exact) mass is 869 g/mol. The summed E-state index contributed by atoms with van der Waals surface area (Å²) in [6.07, 6.45) is 11.0. The first-order chi connectivity index (χ1) is 32.7. The van der Waals surface area contributed by atoms with Crippen molar-refractivity contribution in [3.63, 3.8) is 0 Å². The molecule has 0 radical (unpaired) electrons. The summed E-state index contributed by atoms with van der Waals surface area (Å²) >= 11 is 1.87. The van der Waals surface area contributed by atoms with Crippen LogP contribution in [0.5, 0.6) is 0 Å². The minimum Gasteiger partial charge on any atom is -0.344 e. The Morgan fingerprint density at radius 1 is 0.621 bits per heavy atom. The number of anilines is 6. The third-order valence-corrected chi connectivity index (χ3v) is 15.2. The van der Waals surface area contributed by atoms with Crippen LogP contribution in [0.15, 0.2) is 226 Å². The molecule has 7 aromatic rings. The molecule has 5 atom stereocenters. The predicted octanol–water partition coefficient (Wildman–Crippen LogP) is 13.3. The van der Waals surface area contributed by atoms with Gasteiger partial charge in [-0.05, 0) is 84.1 Å². The van der Waals surface area contributed by atoms with Crippen LogP contribution in [0, 0.1) is 11.3 Å². The van der Waals surface area contributed by atoms with E-state index in [1.54, 1.807) is 0 Å². The van der Waals surface area contributed by atoms with E-state index in [9.17, 15) is 5.26 Å². The maximum atomic E-state index is 11.5. The van der Waals surface area contributed by atoms with Crippen molar-refractivity contribution < 1.29 is 0 Å². The van der Waals surface area contributed by atoms with Crippen molar-refractivity contribution in [2.75, 3.05) is 14.7 Å². The van der Waals surface area contributed by atoms with Crippen LogP contribution in [0.4, 0.5) is 34.1 Å². The SMILES string of the molecule is N#Cc1cc(C2=NC(c3ccccc3)=NC(c3ccccc3)N2)c(N2C3=C(CCC=C3)Sc3ccccc32)cc1N1c2ccccc2C2C3c4ccccc4N(c4ccccc4)C3C=CC21. The second kappa shape index (κ2) is 15.7. The molecular formula is C58H43N7S. The van der Waals surface area contributed by atoms with Crippen LogP contribution < -0.4 is 20.0 Å². The van der Waals surface area contributed by atoms with Gasteiger partial charge in [-0.15, -0.1) is 0 Å². The van der Waals surface area contributed by atoms with Crippen molar-refractivity contribution in [3.05, 3.63) is 244 Å². The van der Waals surface area contributed by atoms with Crippen molar-refractivity contribution in [3.8, 4) is 6.07 Å². The Bertz CT molecular complexity index is 3280. The van der Waals surface area contributed by atoms with Gasteiger partial charge in [0.15, 0.2) is 5.84 Å². The average molecular weight is 870 g/mol. The highest BCUT2D eigenvalue weighted by atomic mass is 32.2. The number of hydrogen-bond donors (Lipinski definition) is 1. The van der Waals surface area contributed by atoms with Gasteiger partial charge in [0.25, 0.3) is 0 Å². The molecule has 316 valence electrons. The predicted molar refractivity (Wildman–Crippen MR) is 269 cm³/mol. The Hall–Kier alpha value is -7.86. The molecule has 66 heavy (non-hydrogen) atoms. The molecule has 5 unspecified atom stereocenters. The van der Waals surface area contributed by atoms with E-state index in [1.807, 2.05) is 48.2 Å². The van der Waals surface area contributed by atoms with Crippen molar-refractivity contribution in [1.82, 2.24) is 5.32 Å². The van der Waals surface area contributed by atoms with Gasteiger partial charge in [0.2, 0.25) is 0 Å². The van der Waals surface area contributed by atoms with Gasteiger partial charge in [-0.3, -0.25) is 0 Å². The van der Waals surface area contributed by atoms with Crippen LogP contribution in [0.25, 0.3) is 0 Å². The molecule has 7 nitrogen and oxygen atoms in total. The zero-order chi connectivity index (χ0) is 43.7. The Kier molecular flexibility index (Phi) is 9.17. The zero-order valence-electron chi connectivity index (χ0n) is 35.9. The molecule has 0 saturated carbocycles. The molecule has 7 aromatic carbocycles. The first kappa shape index (κ1) is 38.6. The number of allylic oxidation sites excluding steroid dienone is 3. The summed E-state index contributed by atoms with van der Waals surface area (Å²) in [5.41, 5.74) is 13.7. The van der Waals surface area contributed by atoms with E-state index in [-0.39, 0.29) is 23.9 Å². The molecule has 4 heterocycles. The second-order valence-electron chi connectivity index (χ2n) is 17.5. The number of para-hydroxylation sites is 4. The highest BCUT2D eigenvalue weighted by molar-refractivity contribution is 8.03. The van der Waals surface area contributed by atoms with E-state index >= 15 is 0 Å². The number of nitrogens with one attached hydrogen (secondary N) is 1. The van der Waals surface area contributed by atoms with E-state index in [0.717, 1.165) is 58.0 Å². The van der Waals surface area contributed by atoms with Crippen LogP contribution in [-0.4, -0.2) is 23.8 Å². The number of aliphatic imine (C=N–C) groups is 2. The number of benzene rings is 7. The fourth-order valence-electron chi connectivity index (χ4n) is 11.2. The quantitative estimate of drug-likeness (QED) is 0.168.